The van der Waals surface area contributed by atoms with Gasteiger partial charge in [-0.2, -0.15) is 0 Å². The molecule has 0 radical (unpaired) electrons. The van der Waals surface area contributed by atoms with Crippen LogP contribution in [0.4, 0.5) is 0 Å². The van der Waals surface area contributed by atoms with Crippen LogP contribution < -0.4 is 5.32 Å². The molecule has 1 aromatic heterocycles. The minimum atomic E-state index is -0.306. The van der Waals surface area contributed by atoms with Gasteiger partial charge in [0.1, 0.15) is 10.7 Å². The van der Waals surface area contributed by atoms with Gasteiger partial charge in [-0.1, -0.05) is 5.16 Å². The van der Waals surface area contributed by atoms with Crippen molar-refractivity contribution >= 4 is 23.0 Å². The number of rotatable bonds is 3. The molecule has 6 nitrogen and oxygen atoms in total. The molecule has 1 fully saturated rings. The Bertz CT molecular complexity index is 502. The Morgan fingerprint density at radius 3 is 3.32 bits per heavy atom. The third kappa shape index (κ3) is 2.48. The minimum absolute atomic E-state index is 0.143. The lowest BCUT2D eigenvalue weighted by Crippen LogP contribution is -2.36. The maximum Gasteiger partial charge on any atom is 0.268 e. The van der Waals surface area contributed by atoms with Crippen LogP contribution in [0.5, 0.6) is 0 Å². The molecule has 2 aliphatic rings. The van der Waals surface area contributed by atoms with E-state index in [1.165, 1.54) is 0 Å². The molecule has 1 saturated heterocycles. The summed E-state index contributed by atoms with van der Waals surface area (Å²) in [6.45, 7) is 2.60. The standard InChI is InChI=1S/C12H16N4O2S/c1-13-11(17)9-6-12(18-15-9)2-4-16(8-12)7-10-14-3-5-19-10/h3,5H,2,4,6-8H2,1H3,(H,13,17). The van der Waals surface area contributed by atoms with Gasteiger partial charge in [-0.15, -0.1) is 11.3 Å². The van der Waals surface area contributed by atoms with Gasteiger partial charge in [0.05, 0.1) is 6.54 Å². The number of carbonyl (C=O) groups excluding carboxylic acids is 1. The summed E-state index contributed by atoms with van der Waals surface area (Å²) >= 11 is 1.66. The normalized spacial score (nSPS) is 26.5. The highest BCUT2D eigenvalue weighted by Gasteiger charge is 2.46. The number of likely N-dealkylation sites (tertiary alicyclic amines) is 1. The van der Waals surface area contributed by atoms with Crippen molar-refractivity contribution < 1.29 is 9.63 Å². The van der Waals surface area contributed by atoms with Gasteiger partial charge < -0.3 is 10.2 Å². The number of amides is 1. The SMILES string of the molecule is CNC(=O)C1=NOC2(CCN(Cc3nccs3)C2)C1. The third-order valence-electron chi connectivity index (χ3n) is 3.57. The Hall–Kier alpha value is -1.47. The molecule has 3 heterocycles. The first kappa shape index (κ1) is 12.6. The monoisotopic (exact) mass is 280 g/mol. The lowest BCUT2D eigenvalue weighted by molar-refractivity contribution is -0.114. The molecule has 1 amide bonds. The van der Waals surface area contributed by atoms with Crippen molar-refractivity contribution in [1.82, 2.24) is 15.2 Å². The van der Waals surface area contributed by atoms with Crippen molar-refractivity contribution in [2.75, 3.05) is 20.1 Å². The Labute approximate surface area is 115 Å². The van der Waals surface area contributed by atoms with Crippen LogP contribution in [0.2, 0.25) is 0 Å². The predicted octanol–water partition coefficient (Wildman–Crippen LogP) is 0.610. The molecule has 0 aromatic carbocycles. The zero-order valence-electron chi connectivity index (χ0n) is 10.8. The second kappa shape index (κ2) is 4.90. The van der Waals surface area contributed by atoms with E-state index in [1.807, 2.05) is 11.6 Å². The van der Waals surface area contributed by atoms with E-state index in [9.17, 15) is 4.79 Å². The molecular weight excluding hydrogens is 264 g/mol. The number of aromatic nitrogens is 1. The molecule has 3 rings (SSSR count). The van der Waals surface area contributed by atoms with Gasteiger partial charge in [-0.05, 0) is 0 Å². The van der Waals surface area contributed by atoms with E-state index in [0.717, 1.165) is 31.1 Å². The van der Waals surface area contributed by atoms with E-state index in [2.05, 4.69) is 20.4 Å². The first-order chi connectivity index (χ1) is 9.21. The van der Waals surface area contributed by atoms with Gasteiger partial charge >= 0.3 is 0 Å². The molecular formula is C12H16N4O2S. The van der Waals surface area contributed by atoms with Gasteiger partial charge in [0.15, 0.2) is 5.60 Å². The number of carbonyl (C=O) groups is 1. The number of nitrogens with zero attached hydrogens (tertiary/aromatic N) is 3. The van der Waals surface area contributed by atoms with Crippen molar-refractivity contribution in [3.8, 4) is 0 Å². The Kier molecular flexibility index (Phi) is 3.24. The largest absolute Gasteiger partial charge is 0.387 e. The summed E-state index contributed by atoms with van der Waals surface area (Å²) in [5.41, 5.74) is 0.192. The van der Waals surface area contributed by atoms with Gasteiger partial charge in [0.25, 0.3) is 5.91 Å². The molecule has 1 unspecified atom stereocenters. The molecule has 19 heavy (non-hydrogen) atoms. The van der Waals surface area contributed by atoms with Crippen molar-refractivity contribution in [3.63, 3.8) is 0 Å². The molecule has 0 aliphatic carbocycles. The number of hydrogen-bond donors (Lipinski definition) is 1. The minimum Gasteiger partial charge on any atom is -0.387 e. The number of hydrogen-bond acceptors (Lipinski definition) is 6. The van der Waals surface area contributed by atoms with Crippen LogP contribution in [-0.2, 0) is 16.2 Å². The fraction of sp³-hybridized carbons (Fsp3) is 0.583. The van der Waals surface area contributed by atoms with Gasteiger partial charge in [-0.3, -0.25) is 9.69 Å². The van der Waals surface area contributed by atoms with Crippen LogP contribution >= 0.6 is 11.3 Å². The van der Waals surface area contributed by atoms with Crippen LogP contribution in [-0.4, -0.2) is 47.2 Å². The molecule has 1 atom stereocenters. The Morgan fingerprint density at radius 2 is 2.58 bits per heavy atom. The van der Waals surface area contributed by atoms with E-state index < -0.39 is 0 Å². The second-order valence-electron chi connectivity index (χ2n) is 4.95. The zero-order chi connectivity index (χ0) is 13.3. The summed E-state index contributed by atoms with van der Waals surface area (Å²) in [5.74, 6) is -0.143. The highest BCUT2D eigenvalue weighted by molar-refractivity contribution is 7.09. The quantitative estimate of drug-likeness (QED) is 0.881. The summed E-state index contributed by atoms with van der Waals surface area (Å²) in [6.07, 6.45) is 3.33. The second-order valence-corrected chi connectivity index (χ2v) is 5.93. The van der Waals surface area contributed by atoms with Crippen LogP contribution in [0.15, 0.2) is 16.7 Å². The highest BCUT2D eigenvalue weighted by Crippen LogP contribution is 2.34. The number of nitrogens with one attached hydrogen (secondary N) is 1. The van der Waals surface area contributed by atoms with Crippen LogP contribution in [0.25, 0.3) is 0 Å². The average molecular weight is 280 g/mol. The van der Waals surface area contributed by atoms with Crippen LogP contribution in [0, 0.1) is 0 Å². The first-order valence-electron chi connectivity index (χ1n) is 6.29. The van der Waals surface area contributed by atoms with Crippen molar-refractivity contribution in [1.29, 1.82) is 0 Å². The molecule has 1 spiro atoms. The van der Waals surface area contributed by atoms with Gasteiger partial charge in [-0.25, -0.2) is 4.98 Å². The van der Waals surface area contributed by atoms with E-state index in [4.69, 9.17) is 4.84 Å². The number of oxime groups is 1. The smallest absolute Gasteiger partial charge is 0.268 e. The Balaban J connectivity index is 1.59. The van der Waals surface area contributed by atoms with E-state index in [-0.39, 0.29) is 11.5 Å². The summed E-state index contributed by atoms with van der Waals surface area (Å²) in [7, 11) is 1.61. The maximum absolute atomic E-state index is 11.5. The molecule has 0 saturated carbocycles. The third-order valence-corrected chi connectivity index (χ3v) is 4.33. The van der Waals surface area contributed by atoms with Crippen LogP contribution in [0.1, 0.15) is 17.8 Å². The fourth-order valence-electron chi connectivity index (χ4n) is 2.59. The zero-order valence-corrected chi connectivity index (χ0v) is 11.6. The van der Waals surface area contributed by atoms with Gasteiger partial charge in [0.2, 0.25) is 0 Å². The topological polar surface area (TPSA) is 66.8 Å². The lowest BCUT2D eigenvalue weighted by Gasteiger charge is -2.21. The molecule has 0 bridgehead atoms. The number of thiazole rings is 1. The molecule has 1 aromatic rings. The highest BCUT2D eigenvalue weighted by atomic mass is 32.1. The molecule has 7 heteroatoms. The van der Waals surface area contributed by atoms with E-state index in [0.29, 0.717) is 12.1 Å². The molecule has 2 aliphatic heterocycles. The van der Waals surface area contributed by atoms with Crippen LogP contribution in [0.3, 0.4) is 0 Å². The van der Waals surface area contributed by atoms with Gasteiger partial charge in [0, 0.05) is 44.6 Å². The predicted molar refractivity (Wildman–Crippen MR) is 71.9 cm³/mol. The van der Waals surface area contributed by atoms with Crippen molar-refractivity contribution in [2.45, 2.75) is 25.0 Å². The summed E-state index contributed by atoms with van der Waals surface area (Å²) in [6, 6.07) is 0. The van der Waals surface area contributed by atoms with Crippen molar-refractivity contribution in [2.24, 2.45) is 5.16 Å². The first-order valence-corrected chi connectivity index (χ1v) is 7.17. The van der Waals surface area contributed by atoms with Crippen molar-refractivity contribution in [3.05, 3.63) is 16.6 Å². The summed E-state index contributed by atoms with van der Waals surface area (Å²) in [5, 5.41) is 9.63. The average Bonchev–Trinajstić information content (AvgIpc) is 3.13. The lowest BCUT2D eigenvalue weighted by atomic mass is 9.96. The molecule has 102 valence electrons. The fourth-order valence-corrected chi connectivity index (χ4v) is 3.25. The molecule has 1 N–H and O–H groups in total. The Morgan fingerprint density at radius 1 is 1.68 bits per heavy atom. The maximum atomic E-state index is 11.5. The summed E-state index contributed by atoms with van der Waals surface area (Å²) < 4.78 is 0. The van der Waals surface area contributed by atoms with E-state index in [1.54, 1.807) is 18.4 Å². The summed E-state index contributed by atoms with van der Waals surface area (Å²) in [4.78, 5) is 23.7. The van der Waals surface area contributed by atoms with E-state index >= 15 is 0 Å².